The normalized spacial score (nSPS) is 11.4. The zero-order valence-corrected chi connectivity index (χ0v) is 44.5. The third-order valence-electron chi connectivity index (χ3n) is 10.00. The summed E-state index contributed by atoms with van der Waals surface area (Å²) in [4.78, 5) is 98.3. The van der Waals surface area contributed by atoms with Crippen LogP contribution in [-0.2, 0) is 22.1 Å². The minimum atomic E-state index is -1.00. The fourth-order valence-electron chi connectivity index (χ4n) is 6.96. The zero-order chi connectivity index (χ0) is 51.4. The van der Waals surface area contributed by atoms with Crippen LogP contribution in [0, 0.1) is 11.6 Å². The molecule has 9 aromatic rings. The van der Waals surface area contributed by atoms with Crippen molar-refractivity contribution < 1.29 is 171 Å². The Morgan fingerprint density at radius 1 is 0.681 bits per heavy atom. The molecule has 72 heavy (non-hydrogen) atoms. The third kappa shape index (κ3) is 13.4. The van der Waals surface area contributed by atoms with Crippen LogP contribution in [0.4, 0.5) is 13.2 Å². The summed E-state index contributed by atoms with van der Waals surface area (Å²) in [5, 5.41) is 19.5. The SMILES string of the molecule is Fc1ccc(CCl)cc1.O=C1C(=O)c2[nH]c(=O)oc2-c2ccccc21.O=C1C(=O)c2c(oc(=O)n2Cc2ccc(F)cc2)-c2ccccc21.O=CO[O-].O=c1[nH]c2cc(O)c3ccccc3c2o1.[2H]CF.[H-].[K+].[K+]. The molecule has 0 saturated heterocycles. The maximum absolute atomic E-state index is 13.0. The molecule has 0 saturated carbocycles. The fourth-order valence-corrected chi connectivity index (χ4v) is 7.14. The first-order valence-electron chi connectivity index (χ1n) is 20.6. The molecule has 0 aliphatic heterocycles. The maximum atomic E-state index is 13.0. The summed E-state index contributed by atoms with van der Waals surface area (Å²) >= 11 is 5.46. The standard InChI is InChI=1S/C18H10FNO4.C11H5NO4.C11H7NO3.C7H6ClF.CH3F.CH2O3.2K.H/c19-11-7-5-10(6-8-11)9-20-14-16(22)15(21)12-3-1-2-4-13(12)17(14)24-18(20)23;13-8-5-3-1-2-4-6(5)10-7(9(8)14)12-11(15)16-10;13-9-5-8-10(15-11(14)12-8)7-4-2-1-3-6(7)9;8-5-6-1-3-7(9)4-2-6;1-2;2-1-4-3;;;/h1-8H,9H2;1-4H,(H,12,15);1-5,13H,(H,12,14);1-4H,5H2;1H3;1,3H;;;/q;;;;;;2*+1;-1/p-1/i;;;;1D;;;;. The van der Waals surface area contributed by atoms with E-state index in [0.29, 0.717) is 39.1 Å². The minimum absolute atomic E-state index is 0. The number of alkyl halides is 2. The first kappa shape index (κ1) is 57.0. The summed E-state index contributed by atoms with van der Waals surface area (Å²) in [6.45, 7) is -0.168. The predicted octanol–water partition coefficient (Wildman–Crippen LogP) is 1.37. The summed E-state index contributed by atoms with van der Waals surface area (Å²) < 4.78 is 56.9. The van der Waals surface area contributed by atoms with Gasteiger partial charge in [0.2, 0.25) is 11.6 Å². The van der Waals surface area contributed by atoms with Crippen molar-refractivity contribution in [1.29, 1.82) is 0 Å². The number of aromatic amines is 2. The molecule has 0 unspecified atom stereocenters. The Bertz CT molecular complexity index is 3620. The predicted molar refractivity (Wildman–Crippen MR) is 243 cm³/mol. The first-order valence-corrected chi connectivity index (χ1v) is 20.4. The number of carbonyl (C=O) groups excluding carboxylic acids is 5. The molecular weight excluding hydrogens is 1030 g/mol. The number of fused-ring (bicyclic) bond motifs is 9. The number of nitrogens with one attached hydrogen (secondary N) is 2. The Morgan fingerprint density at radius 3 is 1.69 bits per heavy atom. The van der Waals surface area contributed by atoms with Crippen molar-refractivity contribution in [3.05, 3.63) is 204 Å². The molecule has 0 radical (unpaired) electrons. The van der Waals surface area contributed by atoms with Gasteiger partial charge in [0.15, 0.2) is 17.1 Å². The monoisotopic (exact) mass is 1060 g/mol. The van der Waals surface area contributed by atoms with Crippen molar-refractivity contribution in [3.63, 3.8) is 0 Å². The summed E-state index contributed by atoms with van der Waals surface area (Å²) in [5.41, 5.74) is 3.80. The number of halogens is 4. The number of rotatable bonds is 4. The number of hydrogen-bond acceptors (Lipinski definition) is 14. The second kappa shape index (κ2) is 27.3. The summed E-state index contributed by atoms with van der Waals surface area (Å²) in [6.07, 6.45) is 0. The van der Waals surface area contributed by atoms with E-state index in [1.54, 1.807) is 60.7 Å². The molecule has 0 spiro atoms. The molecule has 3 heterocycles. The molecule has 0 atom stereocenters. The molecule has 3 N–H and O–H groups in total. The van der Waals surface area contributed by atoms with E-state index in [1.807, 2.05) is 12.1 Å². The van der Waals surface area contributed by atoms with Gasteiger partial charge in [-0.25, -0.2) is 23.2 Å². The molecular formula is C49H33ClF3K2N3O14. The van der Waals surface area contributed by atoms with E-state index in [2.05, 4.69) is 14.9 Å². The van der Waals surface area contributed by atoms with Crippen molar-refractivity contribution in [2.24, 2.45) is 0 Å². The number of H-pyrrole nitrogens is 2. The van der Waals surface area contributed by atoms with Crippen molar-refractivity contribution >= 4 is 63.1 Å². The Morgan fingerprint density at radius 2 is 1.15 bits per heavy atom. The Labute approximate surface area is 495 Å². The van der Waals surface area contributed by atoms with Gasteiger partial charge in [0, 0.05) is 45.0 Å². The van der Waals surface area contributed by atoms with E-state index in [9.17, 15) is 51.8 Å². The van der Waals surface area contributed by atoms with E-state index in [4.69, 9.17) is 36.3 Å². The van der Waals surface area contributed by atoms with Crippen LogP contribution in [0.5, 0.6) is 5.75 Å². The number of nitrogens with zero attached hydrogens (tertiary/aromatic N) is 1. The Kier molecular flexibility index (Phi) is 21.6. The molecule has 17 nitrogen and oxygen atoms in total. The molecule has 11 rings (SSSR count). The number of phenols is 1. The topological polar surface area (TPSA) is 265 Å². The number of aromatic nitrogens is 3. The molecule has 6 aromatic carbocycles. The van der Waals surface area contributed by atoms with E-state index in [0.717, 1.165) is 15.5 Å². The average molecular weight is 1060 g/mol. The fraction of sp³-hybridized carbons (Fsp3) is 0.0612. The van der Waals surface area contributed by atoms with Gasteiger partial charge in [-0.2, -0.15) is 0 Å². The van der Waals surface area contributed by atoms with E-state index >= 15 is 0 Å². The number of carbonyl (C=O) groups is 5. The van der Waals surface area contributed by atoms with Gasteiger partial charge in [-0.15, -0.1) is 11.6 Å². The molecule has 0 fully saturated rings. The maximum Gasteiger partial charge on any atom is 1.00 e. The Hall–Kier alpha value is -5.87. The zero-order valence-electron chi connectivity index (χ0n) is 39.5. The number of oxazole rings is 3. The summed E-state index contributed by atoms with van der Waals surface area (Å²) in [7, 11) is -1.00. The second-order valence-corrected chi connectivity index (χ2v) is 14.4. The van der Waals surface area contributed by atoms with Crippen molar-refractivity contribution in [3.8, 4) is 28.4 Å². The van der Waals surface area contributed by atoms with Gasteiger partial charge in [0.1, 0.15) is 28.8 Å². The first-order chi connectivity index (χ1) is 34.1. The van der Waals surface area contributed by atoms with Crippen LogP contribution in [0.2, 0.25) is 0 Å². The van der Waals surface area contributed by atoms with Crippen LogP contribution in [0.15, 0.2) is 155 Å². The van der Waals surface area contributed by atoms with E-state index in [1.165, 1.54) is 54.6 Å². The largest absolute Gasteiger partial charge is 1.00 e. The minimum Gasteiger partial charge on any atom is -1.00 e. The van der Waals surface area contributed by atoms with Gasteiger partial charge in [0.25, 0.3) is 18.0 Å². The van der Waals surface area contributed by atoms with Gasteiger partial charge in [0.05, 0.1) is 20.6 Å². The number of hydrogen-bond donors (Lipinski definition) is 3. The molecule has 358 valence electrons. The van der Waals surface area contributed by atoms with Crippen LogP contribution in [0.1, 0.15) is 55.6 Å². The molecule has 2 aliphatic rings. The van der Waals surface area contributed by atoms with Gasteiger partial charge in [-0.05, 0) is 35.4 Å². The van der Waals surface area contributed by atoms with E-state index < -0.39 is 53.4 Å². The van der Waals surface area contributed by atoms with Crippen LogP contribution in [-0.4, -0.2) is 56.4 Å². The van der Waals surface area contributed by atoms with Crippen molar-refractivity contribution in [2.75, 3.05) is 7.15 Å². The number of phenolic OH excluding ortho intramolecular Hbond substituents is 1. The quantitative estimate of drug-likeness (QED) is 0.0562. The number of Topliss-reactive ketones (excluding diaryl/α,β-unsaturated/α-hetero) is 4. The van der Waals surface area contributed by atoms with E-state index in [-0.39, 0.29) is 163 Å². The number of benzene rings is 6. The van der Waals surface area contributed by atoms with Crippen molar-refractivity contribution in [1.82, 2.24) is 14.5 Å². The smallest absolute Gasteiger partial charge is 1.00 e. The third-order valence-corrected chi connectivity index (χ3v) is 10.3. The molecule has 2 aliphatic carbocycles. The van der Waals surface area contributed by atoms with Crippen molar-refractivity contribution in [2.45, 2.75) is 12.4 Å². The van der Waals surface area contributed by atoms with Crippen LogP contribution in [0.3, 0.4) is 0 Å². The van der Waals surface area contributed by atoms with Crippen LogP contribution in [0.25, 0.3) is 44.5 Å². The van der Waals surface area contributed by atoms with Crippen LogP contribution >= 0.6 is 11.6 Å². The average Bonchev–Trinajstić information content (AvgIpc) is 4.07. The second-order valence-electron chi connectivity index (χ2n) is 14.2. The molecule has 23 heteroatoms. The van der Waals surface area contributed by atoms with Crippen LogP contribution < -0.4 is 125 Å². The number of aromatic hydroxyl groups is 1. The molecule has 0 amide bonds. The Balaban J connectivity index is 0.000000256. The van der Waals surface area contributed by atoms with Gasteiger partial charge in [-0.3, -0.25) is 42.9 Å². The molecule has 0 bridgehead atoms. The van der Waals surface area contributed by atoms with Gasteiger partial charge >= 0.3 is 120 Å². The van der Waals surface area contributed by atoms with Gasteiger partial charge in [-0.1, -0.05) is 97.1 Å². The summed E-state index contributed by atoms with van der Waals surface area (Å²) in [5.74, 6) is -4.60. The number of ketones is 4. The molecule has 3 aromatic heterocycles. The summed E-state index contributed by atoms with van der Waals surface area (Å²) in [6, 6.07) is 33.4. The van der Waals surface area contributed by atoms with Gasteiger partial charge < -0.3 is 29.9 Å².